The second kappa shape index (κ2) is 22.1. The van der Waals surface area contributed by atoms with Gasteiger partial charge in [-0.05, 0) is 137 Å². The van der Waals surface area contributed by atoms with Gasteiger partial charge in [0.15, 0.2) is 0 Å². The highest BCUT2D eigenvalue weighted by atomic mass is 16.5. The Morgan fingerprint density at radius 2 is 1.28 bits per heavy atom. The molecule has 0 bridgehead atoms. The molecule has 0 amide bonds. The predicted molar refractivity (Wildman–Crippen MR) is 221 cm³/mol. The number of aldehydes is 1. The smallest absolute Gasteiger partial charge is 0.126 e. The van der Waals surface area contributed by atoms with Gasteiger partial charge in [0.25, 0.3) is 0 Å². The van der Waals surface area contributed by atoms with Crippen molar-refractivity contribution >= 4 is 17.9 Å². The molecule has 8 nitrogen and oxygen atoms in total. The first-order valence-corrected chi connectivity index (χ1v) is 22.0. The van der Waals surface area contributed by atoms with Gasteiger partial charge in [0.05, 0.1) is 6.61 Å². The number of fused-ring (bicyclic) bond motifs is 2. The number of carbonyl (C=O) groups excluding carboxylic acids is 1. The fourth-order valence-electron chi connectivity index (χ4n) is 9.25. The first-order valence-electron chi connectivity index (χ1n) is 22.0. The maximum absolute atomic E-state index is 10.7. The maximum atomic E-state index is 10.7. The van der Waals surface area contributed by atoms with Crippen LogP contribution in [-0.4, -0.2) is 78.5 Å². The fraction of sp³-hybridized carbons (Fsp3) is 0.756. The van der Waals surface area contributed by atoms with Crippen molar-refractivity contribution in [1.82, 2.24) is 19.8 Å². The summed E-state index contributed by atoms with van der Waals surface area (Å²) in [5.74, 6) is 2.18. The number of carbonyl (C=O) groups is 1. The monoisotopic (exact) mass is 731 g/mol. The van der Waals surface area contributed by atoms with E-state index in [1.165, 1.54) is 125 Å². The molecular weight excluding hydrogens is 657 g/mol. The fourth-order valence-corrected chi connectivity index (χ4v) is 9.25. The van der Waals surface area contributed by atoms with Crippen LogP contribution >= 0.6 is 0 Å². The van der Waals surface area contributed by atoms with E-state index in [2.05, 4.69) is 58.3 Å². The van der Waals surface area contributed by atoms with Crippen LogP contribution in [0, 0.1) is 5.41 Å². The Balaban J connectivity index is 0.000000167. The summed E-state index contributed by atoms with van der Waals surface area (Å²) >= 11 is 0. The first-order chi connectivity index (χ1) is 26.0. The van der Waals surface area contributed by atoms with Gasteiger partial charge in [0.2, 0.25) is 0 Å². The Kier molecular flexibility index (Phi) is 17.4. The van der Waals surface area contributed by atoms with Crippen molar-refractivity contribution in [2.24, 2.45) is 5.41 Å². The number of piperidine rings is 1. The number of hydrogen-bond donors (Lipinski definition) is 2. The zero-order valence-corrected chi connectivity index (χ0v) is 34.2. The molecule has 296 valence electrons. The van der Waals surface area contributed by atoms with E-state index < -0.39 is 0 Å². The summed E-state index contributed by atoms with van der Waals surface area (Å²) in [6.45, 7) is 15.0. The molecular formula is C45H74N6O2. The molecule has 0 aromatic carbocycles. The van der Waals surface area contributed by atoms with Crippen molar-refractivity contribution in [3.05, 3.63) is 45.8 Å². The summed E-state index contributed by atoms with van der Waals surface area (Å²) in [4.78, 5) is 25.5. The molecule has 0 spiro atoms. The molecule has 2 saturated heterocycles. The lowest BCUT2D eigenvalue weighted by atomic mass is 9.80. The summed E-state index contributed by atoms with van der Waals surface area (Å²) in [5.41, 5.74) is 8.81. The van der Waals surface area contributed by atoms with Gasteiger partial charge in [-0.15, -0.1) is 0 Å². The van der Waals surface area contributed by atoms with E-state index in [1.807, 2.05) is 7.05 Å². The number of rotatable bonds is 12. The number of anilines is 2. The third kappa shape index (κ3) is 12.5. The quantitative estimate of drug-likeness (QED) is 0.165. The summed E-state index contributed by atoms with van der Waals surface area (Å²) in [7, 11) is 1.95. The van der Waals surface area contributed by atoms with Gasteiger partial charge in [0, 0.05) is 62.7 Å². The largest absolute Gasteiger partial charge is 0.380 e. The van der Waals surface area contributed by atoms with Gasteiger partial charge in [-0.3, -0.25) is 9.80 Å². The van der Waals surface area contributed by atoms with Gasteiger partial charge in [-0.1, -0.05) is 59.3 Å². The Hall–Kier alpha value is -2.55. The minimum Gasteiger partial charge on any atom is -0.380 e. The zero-order valence-electron chi connectivity index (χ0n) is 34.2. The van der Waals surface area contributed by atoms with Gasteiger partial charge >= 0.3 is 0 Å². The lowest BCUT2D eigenvalue weighted by molar-refractivity contribution is -0.117. The standard InChI is InChI=1S/C21H33N3.C15H23N3O.C9H18O/c1-2-5-10-18(9-4-1)22-21-15-17(16-24-13-6-3-7-14-24)19-11-8-12-20(19)23-21;1-16-15-10-12(13-4-2-5-14(13)17-15)11-18-6-3-8-19-9-7-18;1-4-7-9(5-2,6-3)8-10/h15,18H,1-14,16H2,(H,22,23);10H,2-9,11H2,1H3,(H,16,17);8H,4-7H2,1-3H3. The summed E-state index contributed by atoms with van der Waals surface area (Å²) in [5, 5.41) is 6.99. The van der Waals surface area contributed by atoms with Crippen LogP contribution in [0.1, 0.15) is 157 Å². The van der Waals surface area contributed by atoms with Gasteiger partial charge in [0.1, 0.15) is 17.9 Å². The van der Waals surface area contributed by atoms with Crippen LogP contribution in [0.4, 0.5) is 11.6 Å². The SMILES string of the molecule is CCCC(C=O)(CC)CC.CNc1cc(CN2CCCOCC2)c2c(n1)CCC2.c1c(NC2CCCCCC2)nc2c(c1CN1CCCCC1)CCC2. The normalized spacial score (nSPS) is 19.8. The molecule has 2 aromatic rings. The summed E-state index contributed by atoms with van der Waals surface area (Å²) in [6, 6.07) is 5.27. The Morgan fingerprint density at radius 3 is 1.85 bits per heavy atom. The lowest BCUT2D eigenvalue weighted by Crippen LogP contribution is -2.29. The van der Waals surface area contributed by atoms with Crippen molar-refractivity contribution in [1.29, 1.82) is 0 Å². The van der Waals surface area contributed by atoms with Crippen molar-refractivity contribution < 1.29 is 9.53 Å². The minimum absolute atomic E-state index is 0.00521. The van der Waals surface area contributed by atoms with Crippen LogP contribution in [0.2, 0.25) is 0 Å². The van der Waals surface area contributed by atoms with Crippen molar-refractivity contribution in [2.45, 2.75) is 168 Å². The van der Waals surface area contributed by atoms with Crippen molar-refractivity contribution in [3.63, 3.8) is 0 Å². The summed E-state index contributed by atoms with van der Waals surface area (Å²) < 4.78 is 5.53. The van der Waals surface area contributed by atoms with E-state index in [1.54, 1.807) is 11.1 Å². The minimum atomic E-state index is -0.00521. The molecule has 4 heterocycles. The first kappa shape index (κ1) is 41.6. The third-order valence-corrected chi connectivity index (χ3v) is 12.7. The molecule has 53 heavy (non-hydrogen) atoms. The molecule has 0 unspecified atom stereocenters. The highest BCUT2D eigenvalue weighted by molar-refractivity contribution is 5.59. The van der Waals surface area contributed by atoms with Crippen LogP contribution in [0.5, 0.6) is 0 Å². The van der Waals surface area contributed by atoms with E-state index in [0.29, 0.717) is 6.04 Å². The molecule has 0 atom stereocenters. The van der Waals surface area contributed by atoms with Crippen LogP contribution in [0.15, 0.2) is 12.1 Å². The average molecular weight is 731 g/mol. The molecule has 7 rings (SSSR count). The van der Waals surface area contributed by atoms with Crippen LogP contribution < -0.4 is 10.6 Å². The van der Waals surface area contributed by atoms with Crippen LogP contribution in [0.3, 0.4) is 0 Å². The lowest BCUT2D eigenvalue weighted by Gasteiger charge is -2.27. The second-order valence-corrected chi connectivity index (χ2v) is 16.5. The number of nitrogens with zero attached hydrogens (tertiary/aromatic N) is 4. The van der Waals surface area contributed by atoms with Crippen LogP contribution in [0.25, 0.3) is 0 Å². The van der Waals surface area contributed by atoms with Crippen molar-refractivity contribution in [3.8, 4) is 0 Å². The Morgan fingerprint density at radius 1 is 0.717 bits per heavy atom. The zero-order chi connectivity index (χ0) is 37.3. The van der Waals surface area contributed by atoms with Crippen molar-refractivity contribution in [2.75, 3.05) is 57.1 Å². The van der Waals surface area contributed by atoms with Gasteiger partial charge < -0.3 is 20.2 Å². The number of aromatic nitrogens is 2. The molecule has 3 aliphatic carbocycles. The number of likely N-dealkylation sites (tertiary alicyclic amines) is 1. The molecule has 3 fully saturated rings. The number of ether oxygens (including phenoxy) is 1. The van der Waals surface area contributed by atoms with E-state index in [-0.39, 0.29) is 5.41 Å². The highest BCUT2D eigenvalue weighted by Crippen LogP contribution is 2.31. The van der Waals surface area contributed by atoms with Crippen LogP contribution in [-0.2, 0) is 48.3 Å². The number of hydrogen-bond acceptors (Lipinski definition) is 8. The average Bonchev–Trinajstić information content (AvgIpc) is 3.71. The molecule has 2 aliphatic heterocycles. The highest BCUT2D eigenvalue weighted by Gasteiger charge is 2.24. The summed E-state index contributed by atoms with van der Waals surface area (Å²) in [6.07, 6.45) is 26.1. The van der Waals surface area contributed by atoms with E-state index in [0.717, 1.165) is 95.8 Å². The topological polar surface area (TPSA) is 82.6 Å². The van der Waals surface area contributed by atoms with Gasteiger partial charge in [-0.25, -0.2) is 9.97 Å². The maximum Gasteiger partial charge on any atom is 0.126 e. The van der Waals surface area contributed by atoms with Gasteiger partial charge in [-0.2, -0.15) is 0 Å². The molecule has 0 radical (unpaired) electrons. The molecule has 8 heteroatoms. The molecule has 5 aliphatic rings. The molecule has 2 N–H and O–H groups in total. The predicted octanol–water partition coefficient (Wildman–Crippen LogP) is 9.32. The third-order valence-electron chi connectivity index (χ3n) is 12.7. The Labute approximate surface area is 323 Å². The second-order valence-electron chi connectivity index (χ2n) is 16.5. The molecule has 2 aromatic heterocycles. The van der Waals surface area contributed by atoms with E-state index >= 15 is 0 Å². The number of nitrogens with one attached hydrogen (secondary N) is 2. The van der Waals surface area contributed by atoms with E-state index in [9.17, 15) is 4.79 Å². The number of pyridine rings is 2. The van der Waals surface area contributed by atoms with E-state index in [4.69, 9.17) is 9.72 Å². The number of aryl methyl sites for hydroxylation is 2. The Bertz CT molecular complexity index is 1370. The molecule has 1 saturated carbocycles.